The van der Waals surface area contributed by atoms with Crippen LogP contribution in [0.2, 0.25) is 0 Å². The van der Waals surface area contributed by atoms with Crippen molar-refractivity contribution in [3.8, 4) is 51.6 Å². The van der Waals surface area contributed by atoms with Gasteiger partial charge in [0.15, 0.2) is 0 Å². The molecule has 0 atom stereocenters. The molecule has 0 fully saturated rings. The average molecular weight is 562 g/mol. The van der Waals surface area contributed by atoms with E-state index in [2.05, 4.69) is 18.2 Å². The Morgan fingerprint density at radius 2 is 0.886 bits per heavy atom. The van der Waals surface area contributed by atoms with Gasteiger partial charge in [-0.15, -0.1) is 0 Å². The van der Waals surface area contributed by atoms with Crippen LogP contribution in [-0.2, 0) is 0 Å². The van der Waals surface area contributed by atoms with E-state index in [9.17, 15) is 15.8 Å². The zero-order chi connectivity index (χ0) is 29.8. The van der Waals surface area contributed by atoms with E-state index in [-0.39, 0.29) is 0 Å². The number of benzene rings is 6. The SMILES string of the molecule is N#Cc1ccccc1-c1c(C#N)c(-c2ccc3oc4ccccc4c3c2)cc(-c2ccc3oc4ccccc4c3c2)c1C#N. The van der Waals surface area contributed by atoms with Gasteiger partial charge in [-0.05, 0) is 59.7 Å². The van der Waals surface area contributed by atoms with Crippen LogP contribution in [0.3, 0.4) is 0 Å². The van der Waals surface area contributed by atoms with Crippen molar-refractivity contribution in [3.05, 3.63) is 132 Å². The Morgan fingerprint density at radius 1 is 0.409 bits per heavy atom. The normalized spacial score (nSPS) is 11.1. The molecule has 0 aliphatic heterocycles. The monoisotopic (exact) mass is 561 g/mol. The summed E-state index contributed by atoms with van der Waals surface area (Å²) in [5, 5.41) is 35.2. The molecule has 0 aliphatic rings. The number of hydrogen-bond acceptors (Lipinski definition) is 5. The number of fused-ring (bicyclic) bond motifs is 6. The molecular weight excluding hydrogens is 542 g/mol. The highest BCUT2D eigenvalue weighted by Crippen LogP contribution is 2.44. The van der Waals surface area contributed by atoms with Crippen LogP contribution in [0.1, 0.15) is 16.7 Å². The van der Waals surface area contributed by atoms with Crippen LogP contribution in [0.25, 0.3) is 77.3 Å². The minimum Gasteiger partial charge on any atom is -0.456 e. The Hall–Kier alpha value is -6.61. The van der Waals surface area contributed by atoms with E-state index in [1.807, 2.05) is 97.1 Å². The maximum atomic E-state index is 10.7. The highest BCUT2D eigenvalue weighted by atomic mass is 16.3. The highest BCUT2D eigenvalue weighted by Gasteiger charge is 2.24. The maximum absolute atomic E-state index is 10.7. The van der Waals surface area contributed by atoms with Gasteiger partial charge in [0.2, 0.25) is 0 Å². The second-order valence-electron chi connectivity index (χ2n) is 10.6. The van der Waals surface area contributed by atoms with Crippen LogP contribution in [0, 0.1) is 34.0 Å². The van der Waals surface area contributed by atoms with Gasteiger partial charge in [0, 0.05) is 43.8 Å². The van der Waals surface area contributed by atoms with Crippen molar-refractivity contribution in [2.24, 2.45) is 0 Å². The summed E-state index contributed by atoms with van der Waals surface area (Å²) in [6.45, 7) is 0. The molecule has 0 saturated carbocycles. The number of para-hydroxylation sites is 2. The Balaban J connectivity index is 1.48. The van der Waals surface area contributed by atoms with Crippen molar-refractivity contribution >= 4 is 43.9 Å². The summed E-state index contributed by atoms with van der Waals surface area (Å²) in [6.07, 6.45) is 0. The lowest BCUT2D eigenvalue weighted by Crippen LogP contribution is -1.99. The highest BCUT2D eigenvalue weighted by molar-refractivity contribution is 6.08. The third-order valence-corrected chi connectivity index (χ3v) is 8.24. The summed E-state index contributed by atoms with van der Waals surface area (Å²) in [5.74, 6) is 0. The van der Waals surface area contributed by atoms with E-state index < -0.39 is 0 Å². The smallest absolute Gasteiger partial charge is 0.135 e. The summed E-state index contributed by atoms with van der Waals surface area (Å²) in [4.78, 5) is 0. The zero-order valence-corrected chi connectivity index (χ0v) is 23.1. The molecule has 5 nitrogen and oxygen atoms in total. The lowest BCUT2D eigenvalue weighted by molar-refractivity contribution is 0.668. The first-order valence-electron chi connectivity index (χ1n) is 14.0. The number of nitriles is 3. The second-order valence-corrected chi connectivity index (χ2v) is 10.6. The molecule has 0 aliphatic carbocycles. The molecule has 202 valence electrons. The molecule has 0 N–H and O–H groups in total. The summed E-state index contributed by atoms with van der Waals surface area (Å²) in [6, 6.07) is 43.5. The minimum atomic E-state index is 0.329. The second kappa shape index (κ2) is 9.74. The van der Waals surface area contributed by atoms with Gasteiger partial charge in [0.05, 0.1) is 22.8 Å². The van der Waals surface area contributed by atoms with E-state index >= 15 is 0 Å². The fraction of sp³-hybridized carbons (Fsp3) is 0. The van der Waals surface area contributed by atoms with Crippen LogP contribution in [-0.4, -0.2) is 0 Å². The van der Waals surface area contributed by atoms with Crippen LogP contribution in [0.15, 0.2) is 124 Å². The Kier molecular flexibility index (Phi) is 5.56. The molecular formula is C39H19N3O2. The van der Waals surface area contributed by atoms with Gasteiger partial charge in [0.1, 0.15) is 34.5 Å². The summed E-state index contributed by atoms with van der Waals surface area (Å²) >= 11 is 0. The van der Waals surface area contributed by atoms with E-state index in [1.165, 1.54) is 0 Å². The molecule has 0 spiro atoms. The van der Waals surface area contributed by atoms with Crippen molar-refractivity contribution in [1.82, 2.24) is 0 Å². The van der Waals surface area contributed by atoms with Gasteiger partial charge >= 0.3 is 0 Å². The molecule has 5 heteroatoms. The lowest BCUT2D eigenvalue weighted by Gasteiger charge is -2.18. The molecule has 8 aromatic rings. The fourth-order valence-electron chi connectivity index (χ4n) is 6.23. The summed E-state index contributed by atoms with van der Waals surface area (Å²) in [7, 11) is 0. The molecule has 0 saturated heterocycles. The Labute approximate surface area is 251 Å². The van der Waals surface area contributed by atoms with Gasteiger partial charge < -0.3 is 8.83 Å². The predicted molar refractivity (Wildman–Crippen MR) is 171 cm³/mol. The van der Waals surface area contributed by atoms with Crippen molar-refractivity contribution in [2.75, 3.05) is 0 Å². The van der Waals surface area contributed by atoms with Crippen molar-refractivity contribution in [3.63, 3.8) is 0 Å². The fourth-order valence-corrected chi connectivity index (χ4v) is 6.23. The third kappa shape index (κ3) is 3.70. The first-order valence-corrected chi connectivity index (χ1v) is 14.0. The van der Waals surface area contributed by atoms with E-state index in [0.29, 0.717) is 38.9 Å². The van der Waals surface area contributed by atoms with Gasteiger partial charge in [-0.2, -0.15) is 15.8 Å². The van der Waals surface area contributed by atoms with Crippen molar-refractivity contribution in [2.45, 2.75) is 0 Å². The first-order chi connectivity index (χ1) is 21.7. The lowest BCUT2D eigenvalue weighted by atomic mass is 9.82. The molecule has 2 aromatic heterocycles. The van der Waals surface area contributed by atoms with E-state index in [1.54, 1.807) is 18.2 Å². The number of furan rings is 2. The number of rotatable bonds is 3. The molecule has 2 heterocycles. The average Bonchev–Trinajstić information content (AvgIpc) is 3.64. The van der Waals surface area contributed by atoms with Crippen molar-refractivity contribution < 1.29 is 8.83 Å². The standard InChI is InChI=1S/C39H19N3O2/c40-20-25-7-1-2-8-26(25)39-33(21-41)29(23-13-15-37-31(17-23)27-9-3-5-11-35(27)43-37)19-30(34(39)22-42)24-14-16-38-32(18-24)28-10-4-6-12-36(28)44-38/h1-19H. The van der Waals surface area contributed by atoms with Gasteiger partial charge in [0.25, 0.3) is 0 Å². The van der Waals surface area contributed by atoms with Crippen LogP contribution in [0.4, 0.5) is 0 Å². The quantitative estimate of drug-likeness (QED) is 0.214. The maximum Gasteiger partial charge on any atom is 0.135 e. The van der Waals surface area contributed by atoms with E-state index in [0.717, 1.165) is 55.0 Å². The van der Waals surface area contributed by atoms with Gasteiger partial charge in [-0.1, -0.05) is 66.7 Å². The largest absolute Gasteiger partial charge is 0.456 e. The summed E-state index contributed by atoms with van der Waals surface area (Å²) in [5.41, 5.74) is 8.00. The number of nitrogens with zero attached hydrogens (tertiary/aromatic N) is 3. The van der Waals surface area contributed by atoms with Crippen LogP contribution >= 0.6 is 0 Å². The Morgan fingerprint density at radius 3 is 1.41 bits per heavy atom. The molecule has 0 bridgehead atoms. The zero-order valence-electron chi connectivity index (χ0n) is 23.1. The summed E-state index contributed by atoms with van der Waals surface area (Å²) < 4.78 is 12.1. The molecule has 8 rings (SSSR count). The molecule has 0 amide bonds. The first kappa shape index (κ1) is 25.1. The van der Waals surface area contributed by atoms with E-state index in [4.69, 9.17) is 8.83 Å². The minimum absolute atomic E-state index is 0.329. The van der Waals surface area contributed by atoms with Crippen LogP contribution in [0.5, 0.6) is 0 Å². The Bertz CT molecular complexity index is 2450. The van der Waals surface area contributed by atoms with Crippen molar-refractivity contribution in [1.29, 1.82) is 15.8 Å². The number of hydrogen-bond donors (Lipinski definition) is 0. The predicted octanol–water partition coefficient (Wildman–Crippen LogP) is 10.1. The molecule has 0 radical (unpaired) electrons. The van der Waals surface area contributed by atoms with Gasteiger partial charge in [-0.3, -0.25) is 0 Å². The molecule has 6 aromatic carbocycles. The van der Waals surface area contributed by atoms with Gasteiger partial charge in [-0.25, -0.2) is 0 Å². The molecule has 44 heavy (non-hydrogen) atoms. The third-order valence-electron chi connectivity index (χ3n) is 8.24. The topological polar surface area (TPSA) is 97.7 Å². The molecule has 0 unspecified atom stereocenters. The van der Waals surface area contributed by atoms with Crippen LogP contribution < -0.4 is 0 Å².